The van der Waals surface area contributed by atoms with Gasteiger partial charge in [-0.25, -0.2) is 17.8 Å². The molecule has 4 rings (SSSR count). The Morgan fingerprint density at radius 3 is 2.30 bits per heavy atom. The van der Waals surface area contributed by atoms with Gasteiger partial charge < -0.3 is 4.57 Å². The molecule has 0 atom stereocenters. The Labute approximate surface area is 156 Å². The molecule has 0 amide bonds. The molecule has 0 aliphatic rings. The number of rotatable bonds is 5. The summed E-state index contributed by atoms with van der Waals surface area (Å²) in [6.45, 7) is 0.0938. The number of fused-ring (bicyclic) bond motifs is 1. The second-order valence-corrected chi connectivity index (χ2v) is 8.19. The summed E-state index contributed by atoms with van der Waals surface area (Å²) in [4.78, 5) is 4.36. The van der Waals surface area contributed by atoms with E-state index in [-0.39, 0.29) is 23.3 Å². The van der Waals surface area contributed by atoms with E-state index in [0.717, 1.165) is 0 Å². The summed E-state index contributed by atoms with van der Waals surface area (Å²) < 4.78 is 41.9. The molecule has 1 aromatic heterocycles. The van der Waals surface area contributed by atoms with E-state index in [4.69, 9.17) is 0 Å². The summed E-state index contributed by atoms with van der Waals surface area (Å²) in [7, 11) is -3.71. The average molecular weight is 380 g/mol. The Bertz CT molecular complexity index is 1200. The van der Waals surface area contributed by atoms with E-state index in [1.807, 2.05) is 12.1 Å². The third-order valence-electron chi connectivity index (χ3n) is 4.38. The Hall–Kier alpha value is -2.99. The molecule has 0 fully saturated rings. The molecular weight excluding hydrogens is 363 g/mol. The summed E-state index contributed by atoms with van der Waals surface area (Å²) in [6, 6.07) is 22.5. The van der Waals surface area contributed by atoms with E-state index < -0.39 is 9.84 Å². The molecule has 3 aromatic carbocycles. The van der Waals surface area contributed by atoms with Gasteiger partial charge >= 0.3 is 0 Å². The molecule has 1 heterocycles. The summed E-state index contributed by atoms with van der Waals surface area (Å²) in [5, 5.41) is -0.0455. The van der Waals surface area contributed by atoms with Crippen LogP contribution in [0, 0.1) is 5.82 Å². The predicted octanol–water partition coefficient (Wildman–Crippen LogP) is 4.20. The molecule has 0 saturated heterocycles. The molecule has 0 aliphatic carbocycles. The van der Waals surface area contributed by atoms with Crippen LogP contribution in [-0.2, 0) is 22.1 Å². The first-order valence-corrected chi connectivity index (χ1v) is 10.2. The molecule has 0 bridgehead atoms. The fourth-order valence-corrected chi connectivity index (χ4v) is 4.60. The van der Waals surface area contributed by atoms with Gasteiger partial charge in [-0.1, -0.05) is 60.7 Å². The van der Waals surface area contributed by atoms with E-state index >= 15 is 0 Å². The van der Waals surface area contributed by atoms with Crippen LogP contribution >= 0.6 is 0 Å². The SMILES string of the molecule is O=S(=O)(Cc1ccccc1)c1nc2ccccc2n1Cc1ccccc1F. The smallest absolute Gasteiger partial charge is 0.229 e. The van der Waals surface area contributed by atoms with Crippen LogP contribution in [0.2, 0.25) is 0 Å². The molecule has 6 heteroatoms. The van der Waals surface area contributed by atoms with Crippen molar-refractivity contribution >= 4 is 20.9 Å². The quantitative estimate of drug-likeness (QED) is 0.521. The van der Waals surface area contributed by atoms with Crippen LogP contribution in [0.5, 0.6) is 0 Å². The standard InChI is InChI=1S/C21H17FN2O2S/c22-18-11-5-4-10-17(18)14-24-20-13-7-6-12-19(20)23-21(24)27(25,26)15-16-8-2-1-3-9-16/h1-13H,14-15H2. The minimum atomic E-state index is -3.71. The van der Waals surface area contributed by atoms with Crippen LogP contribution in [0.25, 0.3) is 11.0 Å². The van der Waals surface area contributed by atoms with Gasteiger partial charge in [0.15, 0.2) is 0 Å². The van der Waals surface area contributed by atoms with Gasteiger partial charge in [-0.3, -0.25) is 0 Å². The van der Waals surface area contributed by atoms with E-state index in [1.54, 1.807) is 65.2 Å². The summed E-state index contributed by atoms with van der Waals surface area (Å²) in [5.41, 5.74) is 2.33. The minimum Gasteiger partial charge on any atom is -0.310 e. The topological polar surface area (TPSA) is 52.0 Å². The molecule has 0 spiro atoms. The first-order chi connectivity index (χ1) is 13.0. The number of para-hydroxylation sites is 2. The number of hydrogen-bond donors (Lipinski definition) is 0. The zero-order valence-electron chi connectivity index (χ0n) is 14.4. The van der Waals surface area contributed by atoms with Crippen molar-refractivity contribution in [2.45, 2.75) is 17.5 Å². The second kappa shape index (κ2) is 6.96. The highest BCUT2D eigenvalue weighted by Gasteiger charge is 2.24. The van der Waals surface area contributed by atoms with E-state index in [2.05, 4.69) is 4.98 Å². The monoisotopic (exact) mass is 380 g/mol. The summed E-state index contributed by atoms with van der Waals surface area (Å²) in [6.07, 6.45) is 0. The Kier molecular flexibility index (Phi) is 4.49. The molecule has 4 aromatic rings. The maximum Gasteiger partial charge on any atom is 0.229 e. The van der Waals surface area contributed by atoms with Crippen LogP contribution in [-0.4, -0.2) is 18.0 Å². The minimum absolute atomic E-state index is 0.0455. The van der Waals surface area contributed by atoms with Crippen LogP contribution in [0.15, 0.2) is 84.0 Å². The van der Waals surface area contributed by atoms with Crippen molar-refractivity contribution in [2.24, 2.45) is 0 Å². The lowest BCUT2D eigenvalue weighted by Gasteiger charge is -2.11. The number of nitrogens with zero attached hydrogens (tertiary/aromatic N) is 2. The van der Waals surface area contributed by atoms with Crippen molar-refractivity contribution in [1.29, 1.82) is 0 Å². The van der Waals surface area contributed by atoms with Crippen molar-refractivity contribution in [1.82, 2.24) is 9.55 Å². The highest BCUT2D eigenvalue weighted by Crippen LogP contribution is 2.24. The number of imidazole rings is 1. The molecule has 0 radical (unpaired) electrons. The lowest BCUT2D eigenvalue weighted by molar-refractivity contribution is 0.564. The fraction of sp³-hybridized carbons (Fsp3) is 0.0952. The Morgan fingerprint density at radius 1 is 0.852 bits per heavy atom. The maximum absolute atomic E-state index is 14.2. The highest BCUT2D eigenvalue weighted by molar-refractivity contribution is 7.90. The molecule has 4 nitrogen and oxygen atoms in total. The molecule has 0 saturated carbocycles. The van der Waals surface area contributed by atoms with Gasteiger partial charge in [0.2, 0.25) is 15.0 Å². The van der Waals surface area contributed by atoms with Crippen molar-refractivity contribution in [2.75, 3.05) is 0 Å². The van der Waals surface area contributed by atoms with Gasteiger partial charge in [0.05, 0.1) is 23.3 Å². The van der Waals surface area contributed by atoms with Crippen LogP contribution < -0.4 is 0 Å². The van der Waals surface area contributed by atoms with Crippen LogP contribution in [0.3, 0.4) is 0 Å². The fourth-order valence-electron chi connectivity index (χ4n) is 3.10. The number of sulfone groups is 1. The lowest BCUT2D eigenvalue weighted by atomic mass is 10.2. The normalized spacial score (nSPS) is 11.7. The van der Waals surface area contributed by atoms with E-state index in [9.17, 15) is 12.8 Å². The highest BCUT2D eigenvalue weighted by atomic mass is 32.2. The van der Waals surface area contributed by atoms with Gasteiger partial charge in [-0.05, 0) is 23.8 Å². The molecule has 0 unspecified atom stereocenters. The Balaban J connectivity index is 1.84. The van der Waals surface area contributed by atoms with Crippen LogP contribution in [0.4, 0.5) is 4.39 Å². The van der Waals surface area contributed by atoms with Crippen molar-refractivity contribution in [3.8, 4) is 0 Å². The zero-order valence-corrected chi connectivity index (χ0v) is 15.2. The third kappa shape index (κ3) is 3.48. The van der Waals surface area contributed by atoms with Gasteiger partial charge in [0.1, 0.15) is 5.82 Å². The lowest BCUT2D eigenvalue weighted by Crippen LogP contribution is -2.14. The first kappa shape index (κ1) is 17.4. The predicted molar refractivity (Wildman–Crippen MR) is 103 cm³/mol. The zero-order chi connectivity index (χ0) is 18.9. The number of hydrogen-bond acceptors (Lipinski definition) is 3. The molecule has 136 valence electrons. The van der Waals surface area contributed by atoms with E-state index in [0.29, 0.717) is 22.2 Å². The summed E-state index contributed by atoms with van der Waals surface area (Å²) >= 11 is 0. The Morgan fingerprint density at radius 2 is 1.52 bits per heavy atom. The van der Waals surface area contributed by atoms with Gasteiger partial charge in [-0.15, -0.1) is 0 Å². The average Bonchev–Trinajstić information content (AvgIpc) is 3.04. The number of halogens is 1. The second-order valence-electron chi connectivity index (χ2n) is 6.31. The first-order valence-electron chi connectivity index (χ1n) is 8.50. The molecule has 27 heavy (non-hydrogen) atoms. The summed E-state index contributed by atoms with van der Waals surface area (Å²) in [5.74, 6) is -0.532. The van der Waals surface area contributed by atoms with Gasteiger partial charge in [0, 0.05) is 5.56 Å². The van der Waals surface area contributed by atoms with Gasteiger partial charge in [0.25, 0.3) is 0 Å². The number of aromatic nitrogens is 2. The molecule has 0 N–H and O–H groups in total. The maximum atomic E-state index is 14.2. The number of benzene rings is 3. The van der Waals surface area contributed by atoms with Crippen molar-refractivity contribution in [3.05, 3.63) is 95.8 Å². The largest absolute Gasteiger partial charge is 0.310 e. The third-order valence-corrected chi connectivity index (χ3v) is 5.96. The van der Waals surface area contributed by atoms with Crippen molar-refractivity contribution < 1.29 is 12.8 Å². The van der Waals surface area contributed by atoms with Gasteiger partial charge in [-0.2, -0.15) is 0 Å². The van der Waals surface area contributed by atoms with Crippen molar-refractivity contribution in [3.63, 3.8) is 0 Å². The molecular formula is C21H17FN2O2S. The molecule has 0 aliphatic heterocycles. The van der Waals surface area contributed by atoms with E-state index in [1.165, 1.54) is 6.07 Å². The van der Waals surface area contributed by atoms with Crippen LogP contribution in [0.1, 0.15) is 11.1 Å².